The van der Waals surface area contributed by atoms with Gasteiger partial charge in [-0.1, -0.05) is 24.3 Å². The van der Waals surface area contributed by atoms with Gasteiger partial charge in [-0.3, -0.25) is 10.1 Å². The average Bonchev–Trinajstić information content (AvgIpc) is 3.29. The lowest BCUT2D eigenvalue weighted by Crippen LogP contribution is -2.16. The number of amides is 1. The van der Waals surface area contributed by atoms with Crippen molar-refractivity contribution in [2.45, 2.75) is 38.8 Å². The summed E-state index contributed by atoms with van der Waals surface area (Å²) in [5.41, 5.74) is -2.16. The van der Waals surface area contributed by atoms with Gasteiger partial charge in [0.25, 0.3) is 0 Å². The molecular formula is C27H24F3NO7S. The Morgan fingerprint density at radius 3 is 2.49 bits per heavy atom. The van der Waals surface area contributed by atoms with Crippen molar-refractivity contribution in [1.29, 1.82) is 0 Å². The van der Waals surface area contributed by atoms with Crippen LogP contribution in [0.25, 0.3) is 6.08 Å². The maximum atomic E-state index is 12.9. The zero-order chi connectivity index (χ0) is 28.7. The van der Waals surface area contributed by atoms with E-state index >= 15 is 0 Å². The second kappa shape index (κ2) is 12.5. The van der Waals surface area contributed by atoms with Gasteiger partial charge in [0.05, 0.1) is 5.56 Å². The van der Waals surface area contributed by atoms with Crippen molar-refractivity contribution < 1.29 is 42.1 Å². The van der Waals surface area contributed by atoms with E-state index in [1.165, 1.54) is 37.4 Å². The molecule has 1 amide bonds. The molecule has 0 saturated heterocycles. The average molecular weight is 564 g/mol. The van der Waals surface area contributed by atoms with E-state index < -0.39 is 40.6 Å². The van der Waals surface area contributed by atoms with E-state index in [4.69, 9.17) is 14.3 Å². The van der Waals surface area contributed by atoms with E-state index in [1.807, 2.05) is 0 Å². The van der Waals surface area contributed by atoms with E-state index in [2.05, 4.69) is 5.32 Å². The minimum Gasteiger partial charge on any atom is -0.507 e. The highest BCUT2D eigenvalue weighted by Crippen LogP contribution is 2.34. The fourth-order valence-electron chi connectivity index (χ4n) is 3.42. The molecule has 3 N–H and O–H groups in total. The number of thiophene rings is 1. The molecule has 0 spiro atoms. The van der Waals surface area contributed by atoms with Crippen LogP contribution in [0.1, 0.15) is 59.2 Å². The smallest absolute Gasteiger partial charge is 0.416 e. The van der Waals surface area contributed by atoms with Crippen molar-refractivity contribution in [3.8, 4) is 16.6 Å². The van der Waals surface area contributed by atoms with E-state index in [9.17, 15) is 32.7 Å². The molecule has 8 nitrogen and oxygen atoms in total. The van der Waals surface area contributed by atoms with Crippen molar-refractivity contribution >= 4 is 29.3 Å². The molecular weight excluding hydrogens is 539 g/mol. The number of carboxylic acid groups (broad SMARTS) is 1. The Labute approximate surface area is 224 Å². The second-order valence-corrected chi connectivity index (χ2v) is 9.54. The van der Waals surface area contributed by atoms with Crippen LogP contribution in [0.4, 0.5) is 18.0 Å². The summed E-state index contributed by atoms with van der Waals surface area (Å²) in [5.74, 6) is -1.17. The number of halogens is 3. The van der Waals surface area contributed by atoms with Gasteiger partial charge in [-0.05, 0) is 67.8 Å². The Kier molecular flexibility index (Phi) is 9.36. The Balaban J connectivity index is 1.68. The first-order valence-electron chi connectivity index (χ1n) is 11.5. The van der Waals surface area contributed by atoms with Gasteiger partial charge < -0.3 is 19.4 Å². The van der Waals surface area contributed by atoms with Crippen LogP contribution in [0.3, 0.4) is 0 Å². The molecule has 0 aliphatic heterocycles. The van der Waals surface area contributed by atoms with Crippen LogP contribution in [-0.2, 0) is 6.18 Å². The Morgan fingerprint density at radius 1 is 1.18 bits per heavy atom. The minimum atomic E-state index is -4.45. The molecule has 0 aliphatic carbocycles. The molecule has 3 rings (SSSR count). The number of carbonyl (C=O) groups excluding carboxylic acids is 1. The number of Topliss-reactive ketones (excluding diaryl/α,β-unsaturated/α-hetero) is 1. The number of allylic oxidation sites excluding steroid dienone is 2. The third-order valence-electron chi connectivity index (χ3n) is 5.47. The monoisotopic (exact) mass is 563 g/mol. The molecule has 3 aromatic rings. The molecule has 0 saturated carbocycles. The van der Waals surface area contributed by atoms with Crippen LogP contribution in [-0.4, -0.2) is 22.1 Å². The normalized spacial score (nSPS) is 12.9. The van der Waals surface area contributed by atoms with Crippen molar-refractivity contribution in [1.82, 2.24) is 5.32 Å². The third kappa shape index (κ3) is 8.08. The van der Waals surface area contributed by atoms with E-state index in [0.717, 1.165) is 23.5 Å². The first-order chi connectivity index (χ1) is 18.3. The number of rotatable bonds is 10. The van der Waals surface area contributed by atoms with Gasteiger partial charge in [-0.15, -0.1) is 0 Å². The standard InChI is InChI=1S/C27H24F3NO7S/c1-15(5-3-4-12-31-26(35)36)21-14-20(32)23(25(34)38-21)24(33)16(2)13-19-10-11-22(39-19)37-18-8-6-17(7-9-18)27(28,29)30/h4,6-15,31-32H,3,5H2,1-2H3,(H,35,36)/b12-4+,16-13?. The molecule has 0 aliphatic rings. The Morgan fingerprint density at radius 2 is 1.87 bits per heavy atom. The summed E-state index contributed by atoms with van der Waals surface area (Å²) < 4.78 is 49.0. The number of aromatic hydroxyl groups is 1. The van der Waals surface area contributed by atoms with Gasteiger partial charge >= 0.3 is 17.9 Å². The van der Waals surface area contributed by atoms with Crippen molar-refractivity contribution in [2.75, 3.05) is 0 Å². The van der Waals surface area contributed by atoms with Crippen LogP contribution in [0.15, 0.2) is 69.5 Å². The van der Waals surface area contributed by atoms with Gasteiger partial charge in [0.1, 0.15) is 22.8 Å². The molecule has 2 aromatic heterocycles. The lowest BCUT2D eigenvalue weighted by Gasteiger charge is -2.11. The molecule has 1 unspecified atom stereocenters. The number of carbonyl (C=O) groups is 2. The molecule has 206 valence electrons. The molecule has 0 bridgehead atoms. The summed E-state index contributed by atoms with van der Waals surface area (Å²) in [6, 6.07) is 8.66. The van der Waals surface area contributed by atoms with Crippen LogP contribution in [0.2, 0.25) is 0 Å². The topological polar surface area (TPSA) is 126 Å². The zero-order valence-corrected chi connectivity index (χ0v) is 21.6. The van der Waals surface area contributed by atoms with Crippen molar-refractivity contribution in [3.63, 3.8) is 0 Å². The summed E-state index contributed by atoms with van der Waals surface area (Å²) >= 11 is 1.13. The van der Waals surface area contributed by atoms with Crippen molar-refractivity contribution in [2.24, 2.45) is 0 Å². The molecule has 2 heterocycles. The largest absolute Gasteiger partial charge is 0.507 e. The van der Waals surface area contributed by atoms with Crippen LogP contribution in [0, 0.1) is 0 Å². The van der Waals surface area contributed by atoms with Gasteiger partial charge in [0, 0.05) is 23.1 Å². The van der Waals surface area contributed by atoms with Crippen LogP contribution >= 0.6 is 11.3 Å². The fourth-order valence-corrected chi connectivity index (χ4v) is 4.30. The SMILES string of the molecule is CC(=Cc1ccc(Oc2ccc(C(F)(F)F)cc2)s1)C(=O)c1c(O)cc(C(C)CC/C=C/NC(=O)O)oc1=O. The van der Waals surface area contributed by atoms with Gasteiger partial charge in [-0.2, -0.15) is 13.2 Å². The molecule has 12 heteroatoms. The molecule has 0 fully saturated rings. The highest BCUT2D eigenvalue weighted by Gasteiger charge is 2.30. The van der Waals surface area contributed by atoms with Crippen LogP contribution < -0.4 is 15.7 Å². The van der Waals surface area contributed by atoms with Gasteiger partial charge in [0.2, 0.25) is 0 Å². The van der Waals surface area contributed by atoms with E-state index in [0.29, 0.717) is 22.8 Å². The zero-order valence-electron chi connectivity index (χ0n) is 20.7. The number of alkyl halides is 3. The summed E-state index contributed by atoms with van der Waals surface area (Å²) in [7, 11) is 0. The maximum absolute atomic E-state index is 12.9. The Bertz CT molecular complexity index is 1450. The van der Waals surface area contributed by atoms with Gasteiger partial charge in [-0.25, -0.2) is 9.59 Å². The predicted molar refractivity (Wildman–Crippen MR) is 138 cm³/mol. The first-order valence-corrected chi connectivity index (χ1v) is 12.4. The second-order valence-electron chi connectivity index (χ2n) is 8.46. The summed E-state index contributed by atoms with van der Waals surface area (Å²) in [6.07, 6.45) is -0.323. The number of hydrogen-bond acceptors (Lipinski definition) is 7. The molecule has 1 atom stereocenters. The highest BCUT2D eigenvalue weighted by molar-refractivity contribution is 7.14. The lowest BCUT2D eigenvalue weighted by atomic mass is 10.00. The van der Waals surface area contributed by atoms with Crippen LogP contribution in [0.5, 0.6) is 16.6 Å². The third-order valence-corrected chi connectivity index (χ3v) is 6.38. The number of ketones is 1. The van der Waals surface area contributed by atoms with Crippen molar-refractivity contribution in [3.05, 3.63) is 92.5 Å². The highest BCUT2D eigenvalue weighted by atomic mass is 32.1. The number of ether oxygens (including phenoxy) is 1. The lowest BCUT2D eigenvalue weighted by molar-refractivity contribution is -0.137. The number of benzene rings is 1. The first kappa shape index (κ1) is 29.2. The Hall–Kier alpha value is -4.32. The van der Waals surface area contributed by atoms with E-state index in [1.54, 1.807) is 25.1 Å². The quantitative estimate of drug-likeness (QED) is 0.176. The van der Waals surface area contributed by atoms with Gasteiger partial charge in [0.15, 0.2) is 10.8 Å². The molecule has 0 radical (unpaired) electrons. The van der Waals surface area contributed by atoms with E-state index in [-0.39, 0.29) is 23.0 Å². The fraction of sp³-hybridized carbons (Fsp3) is 0.222. The predicted octanol–water partition coefficient (Wildman–Crippen LogP) is 7.17. The summed E-state index contributed by atoms with van der Waals surface area (Å²) in [5, 5.41) is 21.4. The number of hydrogen-bond donors (Lipinski definition) is 3. The molecule has 1 aromatic carbocycles. The summed E-state index contributed by atoms with van der Waals surface area (Å²) in [6.45, 7) is 3.22. The molecule has 39 heavy (non-hydrogen) atoms. The maximum Gasteiger partial charge on any atom is 0.416 e. The number of nitrogens with one attached hydrogen (secondary N) is 1. The summed E-state index contributed by atoms with van der Waals surface area (Å²) in [4.78, 5) is 36.5. The minimum absolute atomic E-state index is 0.136.